The van der Waals surface area contributed by atoms with Gasteiger partial charge in [0.2, 0.25) is 5.91 Å². The van der Waals surface area contributed by atoms with E-state index in [2.05, 4.69) is 14.1 Å². The molecule has 1 saturated heterocycles. The molecule has 1 amide bonds. The molecular weight excluding hydrogens is 147 g/mol. The van der Waals surface area contributed by atoms with Gasteiger partial charge in [-0.3, -0.25) is 9.46 Å². The molecule has 4 heteroatoms. The first-order valence-corrected chi connectivity index (χ1v) is 3.97. The summed E-state index contributed by atoms with van der Waals surface area (Å²) in [6.07, 6.45) is 0. The number of carbonyl (C=O) groups excluding carboxylic acids is 1. The average Bonchev–Trinajstić information content (AvgIpc) is 1.88. The van der Waals surface area contributed by atoms with Gasteiger partial charge in [0.25, 0.3) is 0 Å². The Bertz CT molecular complexity index is 132. The van der Waals surface area contributed by atoms with Crippen LogP contribution in [0.25, 0.3) is 0 Å². The van der Waals surface area contributed by atoms with Gasteiger partial charge in [0.1, 0.15) is 0 Å². The van der Waals surface area contributed by atoms with E-state index in [0.29, 0.717) is 0 Å². The van der Waals surface area contributed by atoms with Crippen LogP contribution < -0.4 is 0 Å². The number of hydrogen-bond acceptors (Lipinski definition) is 2. The summed E-state index contributed by atoms with van der Waals surface area (Å²) in [7, 11) is 2.65. The zero-order chi connectivity index (χ0) is 7.56. The van der Waals surface area contributed by atoms with Crippen LogP contribution in [0.1, 0.15) is 6.92 Å². The summed E-state index contributed by atoms with van der Waals surface area (Å²) < 4.78 is 2.15. The maximum absolute atomic E-state index is 10.8. The lowest BCUT2D eigenvalue weighted by Crippen LogP contribution is -2.44. The van der Waals surface area contributed by atoms with Gasteiger partial charge in [-0.15, -0.1) is 0 Å². The number of carbonyl (C=O) groups is 1. The molecule has 1 atom stereocenters. The van der Waals surface area contributed by atoms with E-state index in [4.69, 9.17) is 0 Å². The summed E-state index contributed by atoms with van der Waals surface area (Å²) in [5.74, 6) is 0.193. The molecule has 0 aromatic heterocycles. The number of hydrogen-bond donors (Lipinski definition) is 0. The fourth-order valence-electron chi connectivity index (χ4n) is 1.04. The Labute approximate surface area is 63.6 Å². The van der Waals surface area contributed by atoms with Gasteiger partial charge >= 0.3 is 0 Å². The van der Waals surface area contributed by atoms with Gasteiger partial charge in [0, 0.05) is 33.1 Å². The molecule has 0 radical (unpaired) electrons. The number of rotatable bonds is 0. The SMILES string of the molecule is CC(=O)N1CCN(P)CC1. The van der Waals surface area contributed by atoms with Crippen molar-refractivity contribution >= 4 is 15.3 Å². The molecule has 1 rings (SSSR count). The Balaban J connectivity index is 2.33. The van der Waals surface area contributed by atoms with Crippen molar-refractivity contribution in [1.29, 1.82) is 0 Å². The molecule has 0 bridgehead atoms. The van der Waals surface area contributed by atoms with Gasteiger partial charge in [-0.2, -0.15) is 0 Å². The van der Waals surface area contributed by atoms with Crippen molar-refractivity contribution in [3.8, 4) is 0 Å². The summed E-state index contributed by atoms with van der Waals surface area (Å²) in [4.78, 5) is 12.7. The average molecular weight is 160 g/mol. The fraction of sp³-hybridized carbons (Fsp3) is 0.833. The third-order valence-corrected chi connectivity index (χ3v) is 2.28. The Morgan fingerprint density at radius 3 is 2.20 bits per heavy atom. The lowest BCUT2D eigenvalue weighted by Gasteiger charge is -2.31. The zero-order valence-electron chi connectivity index (χ0n) is 6.21. The van der Waals surface area contributed by atoms with Crippen LogP contribution in [0, 0.1) is 0 Å². The molecule has 3 nitrogen and oxygen atoms in total. The zero-order valence-corrected chi connectivity index (χ0v) is 7.36. The Morgan fingerprint density at radius 2 is 1.80 bits per heavy atom. The maximum Gasteiger partial charge on any atom is 0.219 e. The normalized spacial score (nSPS) is 21.2. The van der Waals surface area contributed by atoms with E-state index in [1.54, 1.807) is 6.92 Å². The highest BCUT2D eigenvalue weighted by Gasteiger charge is 2.14. The summed E-state index contributed by atoms with van der Waals surface area (Å²) >= 11 is 0. The number of amides is 1. The van der Waals surface area contributed by atoms with Crippen LogP contribution in [-0.4, -0.2) is 41.7 Å². The van der Waals surface area contributed by atoms with Gasteiger partial charge < -0.3 is 4.90 Å². The number of nitrogens with zero attached hydrogens (tertiary/aromatic N) is 2. The second-order valence-corrected chi connectivity index (χ2v) is 3.27. The van der Waals surface area contributed by atoms with Gasteiger partial charge in [0.15, 0.2) is 0 Å². The first-order valence-electron chi connectivity index (χ1n) is 3.45. The number of piperazine rings is 1. The molecule has 0 spiro atoms. The highest BCUT2D eigenvalue weighted by molar-refractivity contribution is 7.13. The Kier molecular flexibility index (Phi) is 2.64. The van der Waals surface area contributed by atoms with Crippen molar-refractivity contribution in [2.75, 3.05) is 26.2 Å². The van der Waals surface area contributed by atoms with Crippen LogP contribution in [0.4, 0.5) is 0 Å². The van der Waals surface area contributed by atoms with Crippen LogP contribution in [0.5, 0.6) is 0 Å². The monoisotopic (exact) mass is 160 g/mol. The van der Waals surface area contributed by atoms with Crippen molar-refractivity contribution in [1.82, 2.24) is 9.57 Å². The minimum absolute atomic E-state index is 0.193. The lowest BCUT2D eigenvalue weighted by atomic mass is 10.3. The molecule has 0 saturated carbocycles. The quantitative estimate of drug-likeness (QED) is 0.463. The van der Waals surface area contributed by atoms with E-state index in [1.165, 1.54) is 0 Å². The molecular formula is C6H13N2OP. The third kappa shape index (κ3) is 1.93. The second kappa shape index (κ2) is 3.31. The van der Waals surface area contributed by atoms with Crippen molar-refractivity contribution < 1.29 is 4.79 Å². The summed E-state index contributed by atoms with van der Waals surface area (Å²) in [5.41, 5.74) is 0. The third-order valence-electron chi connectivity index (χ3n) is 1.76. The molecule has 0 aromatic rings. The van der Waals surface area contributed by atoms with Crippen LogP contribution in [0.15, 0.2) is 0 Å². The molecule has 1 fully saturated rings. The summed E-state index contributed by atoms with van der Waals surface area (Å²) in [6, 6.07) is 0. The topological polar surface area (TPSA) is 23.6 Å². The molecule has 1 heterocycles. The van der Waals surface area contributed by atoms with Crippen LogP contribution >= 0.6 is 9.39 Å². The minimum Gasteiger partial charge on any atom is -0.340 e. The Hall–Kier alpha value is -0.140. The van der Waals surface area contributed by atoms with E-state index in [-0.39, 0.29) is 5.91 Å². The Morgan fingerprint density at radius 1 is 1.30 bits per heavy atom. The van der Waals surface area contributed by atoms with Crippen molar-refractivity contribution in [3.63, 3.8) is 0 Å². The van der Waals surface area contributed by atoms with Crippen LogP contribution in [-0.2, 0) is 4.79 Å². The minimum atomic E-state index is 0.193. The molecule has 1 aliphatic rings. The van der Waals surface area contributed by atoms with E-state index < -0.39 is 0 Å². The van der Waals surface area contributed by atoms with E-state index in [1.807, 2.05) is 4.90 Å². The molecule has 58 valence electrons. The van der Waals surface area contributed by atoms with Gasteiger partial charge in [0.05, 0.1) is 0 Å². The van der Waals surface area contributed by atoms with Crippen molar-refractivity contribution in [2.24, 2.45) is 0 Å². The molecule has 1 aliphatic heterocycles. The molecule has 0 N–H and O–H groups in total. The highest BCUT2D eigenvalue weighted by Crippen LogP contribution is 2.05. The smallest absolute Gasteiger partial charge is 0.219 e. The van der Waals surface area contributed by atoms with Gasteiger partial charge in [-0.05, 0) is 0 Å². The lowest BCUT2D eigenvalue weighted by molar-refractivity contribution is -0.129. The van der Waals surface area contributed by atoms with Crippen molar-refractivity contribution in [2.45, 2.75) is 6.92 Å². The molecule has 0 aromatic carbocycles. The van der Waals surface area contributed by atoms with Gasteiger partial charge in [-0.1, -0.05) is 9.39 Å². The van der Waals surface area contributed by atoms with Gasteiger partial charge in [-0.25, -0.2) is 0 Å². The summed E-state index contributed by atoms with van der Waals surface area (Å²) in [5, 5.41) is 0. The van der Waals surface area contributed by atoms with Crippen LogP contribution in [0.3, 0.4) is 0 Å². The fourth-order valence-corrected chi connectivity index (χ4v) is 1.27. The maximum atomic E-state index is 10.8. The molecule has 10 heavy (non-hydrogen) atoms. The summed E-state index contributed by atoms with van der Waals surface area (Å²) in [6.45, 7) is 5.32. The van der Waals surface area contributed by atoms with E-state index in [0.717, 1.165) is 26.2 Å². The second-order valence-electron chi connectivity index (χ2n) is 2.54. The van der Waals surface area contributed by atoms with E-state index >= 15 is 0 Å². The highest BCUT2D eigenvalue weighted by atomic mass is 31.0. The largest absolute Gasteiger partial charge is 0.340 e. The molecule has 1 unspecified atom stereocenters. The predicted octanol–water partition coefficient (Wildman–Crippen LogP) is -0.0594. The first-order chi connectivity index (χ1) is 4.70. The molecule has 0 aliphatic carbocycles. The standard InChI is InChI=1S/C6H13N2OP/c1-6(9)7-2-4-8(10)5-3-7/h2-5,10H2,1H3. The van der Waals surface area contributed by atoms with Crippen molar-refractivity contribution in [3.05, 3.63) is 0 Å². The van der Waals surface area contributed by atoms with E-state index in [9.17, 15) is 4.79 Å². The predicted molar refractivity (Wildman–Crippen MR) is 43.5 cm³/mol. The first kappa shape index (κ1) is 7.96. The van der Waals surface area contributed by atoms with Crippen LogP contribution in [0.2, 0.25) is 0 Å².